The van der Waals surface area contributed by atoms with Gasteiger partial charge < -0.3 is 9.88 Å². The number of nitrogens with zero attached hydrogens (tertiary/aromatic N) is 3. The summed E-state index contributed by atoms with van der Waals surface area (Å²) in [5.74, 6) is 0.870. The predicted octanol–water partition coefficient (Wildman–Crippen LogP) is 4.96. The Morgan fingerprint density at radius 3 is 2.71 bits per heavy atom. The minimum atomic E-state index is -0.232. The number of para-hydroxylation sites is 1. The van der Waals surface area contributed by atoms with E-state index in [9.17, 15) is 9.59 Å². The van der Waals surface area contributed by atoms with Gasteiger partial charge in [0.05, 0.1) is 6.20 Å². The molecule has 182 valence electrons. The molecule has 3 atom stereocenters. The van der Waals surface area contributed by atoms with E-state index in [1.54, 1.807) is 6.20 Å². The number of carbonyl (C=O) groups is 1. The molecular weight excluding hydrogens is 436 g/mol. The molecule has 0 bridgehead atoms. The van der Waals surface area contributed by atoms with Gasteiger partial charge in [0.25, 0.3) is 5.56 Å². The van der Waals surface area contributed by atoms with Crippen LogP contribution in [0.25, 0.3) is 21.8 Å². The van der Waals surface area contributed by atoms with Gasteiger partial charge in [-0.25, -0.2) is 4.68 Å². The van der Waals surface area contributed by atoms with Crippen LogP contribution in [0.3, 0.4) is 0 Å². The van der Waals surface area contributed by atoms with Crippen LogP contribution < -0.4 is 10.9 Å². The van der Waals surface area contributed by atoms with Crippen molar-refractivity contribution in [3.63, 3.8) is 0 Å². The van der Waals surface area contributed by atoms with Crippen LogP contribution in [0.5, 0.6) is 0 Å². The predicted molar refractivity (Wildman–Crippen MR) is 141 cm³/mol. The van der Waals surface area contributed by atoms with Crippen LogP contribution in [-0.2, 0) is 17.9 Å². The molecule has 0 aliphatic heterocycles. The molecule has 2 heterocycles. The summed E-state index contributed by atoms with van der Waals surface area (Å²) < 4.78 is 3.39. The van der Waals surface area contributed by atoms with Crippen molar-refractivity contribution in [1.82, 2.24) is 19.7 Å². The molecule has 1 saturated carbocycles. The lowest BCUT2D eigenvalue weighted by Crippen LogP contribution is -2.45. The van der Waals surface area contributed by atoms with Crippen molar-refractivity contribution < 1.29 is 4.79 Å². The van der Waals surface area contributed by atoms with Crippen LogP contribution in [-0.4, -0.2) is 26.3 Å². The Balaban J connectivity index is 1.53. The fraction of sp³-hybridized carbons (Fsp3) is 0.414. The zero-order valence-electron chi connectivity index (χ0n) is 21.0. The van der Waals surface area contributed by atoms with Crippen molar-refractivity contribution in [2.45, 2.75) is 66.1 Å². The van der Waals surface area contributed by atoms with Gasteiger partial charge in [-0.15, -0.1) is 0 Å². The van der Waals surface area contributed by atoms with Gasteiger partial charge in [-0.2, -0.15) is 5.10 Å². The highest BCUT2D eigenvalue weighted by Crippen LogP contribution is 2.30. The first-order valence-corrected chi connectivity index (χ1v) is 12.7. The van der Waals surface area contributed by atoms with Crippen LogP contribution in [0.15, 0.2) is 53.5 Å². The van der Waals surface area contributed by atoms with Gasteiger partial charge in [-0.05, 0) is 49.3 Å². The average molecular weight is 471 g/mol. The number of aromatic nitrogens is 3. The molecule has 0 unspecified atom stereocenters. The number of nitrogens with one attached hydrogen (secondary N) is 1. The number of amides is 1. The quantitative estimate of drug-likeness (QED) is 0.448. The molecule has 6 nitrogen and oxygen atoms in total. The van der Waals surface area contributed by atoms with Crippen molar-refractivity contribution in [2.24, 2.45) is 11.8 Å². The molecule has 0 radical (unpaired) electrons. The zero-order valence-corrected chi connectivity index (χ0v) is 21.0. The molecule has 1 fully saturated rings. The second-order valence-corrected chi connectivity index (χ2v) is 10.3. The molecule has 1 N–H and O–H groups in total. The molecule has 35 heavy (non-hydrogen) atoms. The summed E-state index contributed by atoms with van der Waals surface area (Å²) in [4.78, 5) is 26.6. The number of fused-ring (bicyclic) bond motifs is 3. The molecule has 4 aromatic rings. The van der Waals surface area contributed by atoms with Gasteiger partial charge in [0.2, 0.25) is 5.91 Å². The highest BCUT2D eigenvalue weighted by atomic mass is 16.2. The van der Waals surface area contributed by atoms with E-state index in [1.807, 2.05) is 24.3 Å². The van der Waals surface area contributed by atoms with E-state index >= 15 is 0 Å². The number of benzene rings is 2. The highest BCUT2D eigenvalue weighted by molar-refractivity contribution is 6.07. The summed E-state index contributed by atoms with van der Waals surface area (Å²) in [6.45, 7) is 9.14. The maximum atomic E-state index is 13.7. The van der Waals surface area contributed by atoms with Gasteiger partial charge in [-0.3, -0.25) is 9.59 Å². The van der Waals surface area contributed by atoms with Crippen molar-refractivity contribution in [2.75, 3.05) is 0 Å². The van der Waals surface area contributed by atoms with E-state index in [1.165, 1.54) is 27.8 Å². The molecule has 1 aliphatic carbocycles. The molecule has 0 saturated heterocycles. The van der Waals surface area contributed by atoms with Gasteiger partial charge in [0.15, 0.2) is 0 Å². The monoisotopic (exact) mass is 470 g/mol. The summed E-state index contributed by atoms with van der Waals surface area (Å²) in [5.41, 5.74) is 4.90. The third-order valence-electron chi connectivity index (χ3n) is 7.95. The van der Waals surface area contributed by atoms with Gasteiger partial charge in [-0.1, -0.05) is 68.7 Å². The zero-order chi connectivity index (χ0) is 24.7. The maximum absolute atomic E-state index is 13.7. The van der Waals surface area contributed by atoms with E-state index in [0.717, 1.165) is 29.1 Å². The Labute approximate surface area is 206 Å². The molecule has 2 aromatic heterocycles. The molecule has 6 heteroatoms. The van der Waals surface area contributed by atoms with Gasteiger partial charge >= 0.3 is 0 Å². The lowest BCUT2D eigenvalue weighted by atomic mass is 9.78. The largest absolute Gasteiger partial charge is 0.351 e. The third-order valence-corrected chi connectivity index (χ3v) is 7.95. The summed E-state index contributed by atoms with van der Waals surface area (Å²) in [6, 6.07) is 14.6. The Hall–Kier alpha value is -3.41. The fourth-order valence-corrected chi connectivity index (χ4v) is 5.59. The Bertz CT molecular complexity index is 1470. The summed E-state index contributed by atoms with van der Waals surface area (Å²) in [7, 11) is 0. The second-order valence-electron chi connectivity index (χ2n) is 10.3. The van der Waals surface area contributed by atoms with Crippen molar-refractivity contribution in [3.8, 4) is 0 Å². The van der Waals surface area contributed by atoms with E-state index < -0.39 is 0 Å². The first-order chi connectivity index (χ1) is 16.8. The first kappa shape index (κ1) is 23.3. The van der Waals surface area contributed by atoms with E-state index in [4.69, 9.17) is 0 Å². The smallest absolute Gasteiger partial charge is 0.291 e. The van der Waals surface area contributed by atoms with E-state index in [-0.39, 0.29) is 24.1 Å². The molecule has 1 amide bonds. The number of rotatable bonds is 5. The standard InChI is InChI=1S/C29H34N4O2/c1-18-12-13-20(3)22(14-18)16-32-26-11-6-5-9-23(26)24-15-30-33(29(35)28(24)32)17-27(34)31-25-10-7-8-19(2)21(25)4/h5-6,9,11-15,19,21,25H,7-8,10,16-17H2,1-4H3,(H,31,34)/t19-,21+,25-/m1/s1. The van der Waals surface area contributed by atoms with Crippen molar-refractivity contribution >= 4 is 27.7 Å². The fourth-order valence-electron chi connectivity index (χ4n) is 5.59. The number of carbonyl (C=O) groups excluding carboxylic acids is 1. The lowest BCUT2D eigenvalue weighted by Gasteiger charge is -2.34. The molecule has 0 spiro atoms. The van der Waals surface area contributed by atoms with Gasteiger partial charge in [0, 0.05) is 28.9 Å². The van der Waals surface area contributed by atoms with Crippen LogP contribution >= 0.6 is 0 Å². The number of hydrogen-bond acceptors (Lipinski definition) is 3. The first-order valence-electron chi connectivity index (χ1n) is 12.7. The second kappa shape index (κ2) is 9.33. The average Bonchev–Trinajstić information content (AvgIpc) is 3.15. The van der Waals surface area contributed by atoms with Crippen LogP contribution in [0, 0.1) is 25.7 Å². The van der Waals surface area contributed by atoms with Crippen LogP contribution in [0.1, 0.15) is 49.8 Å². The molecular formula is C29H34N4O2. The van der Waals surface area contributed by atoms with E-state index in [2.05, 4.69) is 60.9 Å². The van der Waals surface area contributed by atoms with E-state index in [0.29, 0.717) is 23.9 Å². The number of aryl methyl sites for hydroxylation is 2. The highest BCUT2D eigenvalue weighted by Gasteiger charge is 2.28. The SMILES string of the molecule is Cc1ccc(C)c(Cn2c3ccccc3c3cnn(CC(=O)N[C@@H]4CCC[C@@H](C)[C@@H]4C)c(=O)c32)c1. The van der Waals surface area contributed by atoms with Crippen molar-refractivity contribution in [1.29, 1.82) is 0 Å². The Morgan fingerprint density at radius 2 is 1.89 bits per heavy atom. The Morgan fingerprint density at radius 1 is 1.09 bits per heavy atom. The summed E-state index contributed by atoms with van der Waals surface area (Å²) >= 11 is 0. The summed E-state index contributed by atoms with van der Waals surface area (Å²) in [5, 5.41) is 9.40. The Kier molecular flexibility index (Phi) is 6.22. The molecule has 1 aliphatic rings. The minimum Gasteiger partial charge on any atom is -0.351 e. The van der Waals surface area contributed by atoms with Crippen LogP contribution in [0.4, 0.5) is 0 Å². The molecule has 5 rings (SSSR count). The van der Waals surface area contributed by atoms with Crippen LogP contribution in [0.2, 0.25) is 0 Å². The minimum absolute atomic E-state index is 0.0721. The maximum Gasteiger partial charge on any atom is 0.291 e. The van der Waals surface area contributed by atoms with Crippen molar-refractivity contribution in [3.05, 3.63) is 75.7 Å². The summed E-state index contributed by atoms with van der Waals surface area (Å²) in [6.07, 6.45) is 5.05. The number of hydrogen-bond donors (Lipinski definition) is 1. The lowest BCUT2D eigenvalue weighted by molar-refractivity contribution is -0.123. The normalized spacial score (nSPS) is 20.4. The topological polar surface area (TPSA) is 68.9 Å². The third kappa shape index (κ3) is 4.38. The van der Waals surface area contributed by atoms with Gasteiger partial charge in [0.1, 0.15) is 12.1 Å². The molecule has 2 aromatic carbocycles.